The zero-order chi connectivity index (χ0) is 13.5. The molecule has 0 aliphatic carbocycles. The van der Waals surface area contributed by atoms with Crippen LogP contribution >= 0.6 is 11.8 Å². The van der Waals surface area contributed by atoms with Gasteiger partial charge in [-0.15, -0.1) is 0 Å². The Bertz CT molecular complexity index is 526. The highest BCUT2D eigenvalue weighted by Gasteiger charge is 2.01. The maximum Gasteiger partial charge on any atom is 0.255 e. The Morgan fingerprint density at radius 3 is 2.84 bits per heavy atom. The van der Waals surface area contributed by atoms with Crippen molar-refractivity contribution in [1.82, 2.24) is 4.98 Å². The van der Waals surface area contributed by atoms with E-state index < -0.39 is 0 Å². The van der Waals surface area contributed by atoms with Gasteiger partial charge in [0.2, 0.25) is 0 Å². The van der Waals surface area contributed by atoms with Crippen LogP contribution in [0.2, 0.25) is 0 Å². The van der Waals surface area contributed by atoms with Crippen LogP contribution in [0.3, 0.4) is 0 Å². The first-order valence-electron chi connectivity index (χ1n) is 5.52. The highest BCUT2D eigenvalue weighted by molar-refractivity contribution is 7.99. The Balaban J connectivity index is 1.77. The summed E-state index contributed by atoms with van der Waals surface area (Å²) in [5.41, 5.74) is 6.10. The lowest BCUT2D eigenvalue weighted by Crippen LogP contribution is -2.12. The van der Waals surface area contributed by atoms with Crippen molar-refractivity contribution in [2.45, 2.75) is 5.22 Å². The van der Waals surface area contributed by atoms with E-state index in [1.165, 1.54) is 18.0 Å². The Labute approximate surface area is 114 Å². The molecule has 1 heterocycles. The van der Waals surface area contributed by atoms with Crippen molar-refractivity contribution in [3.63, 3.8) is 0 Å². The fraction of sp³-hybridized carbons (Fsp3) is 0.167. The lowest BCUT2D eigenvalue weighted by Gasteiger charge is -2.05. The number of benzene rings is 1. The molecule has 0 aliphatic rings. The number of nitrogens with zero attached hydrogens (tertiary/aromatic N) is 2. The van der Waals surface area contributed by atoms with Gasteiger partial charge in [-0.25, -0.2) is 4.98 Å². The van der Waals surface area contributed by atoms with Gasteiger partial charge in [0.05, 0.1) is 12.8 Å². The van der Waals surface area contributed by atoms with E-state index in [1.54, 1.807) is 30.5 Å². The highest BCUT2D eigenvalue weighted by Crippen LogP contribution is 2.16. The monoisotopic (exact) mass is 279 g/mol. The van der Waals surface area contributed by atoms with Crippen molar-refractivity contribution in [2.24, 2.45) is 10.9 Å². The van der Waals surface area contributed by atoms with Crippen LogP contribution in [0.1, 0.15) is 5.56 Å². The van der Waals surface area contributed by atoms with E-state index in [0.717, 1.165) is 11.5 Å². The molecule has 0 atom stereocenters. The average molecular weight is 279 g/mol. The molecular formula is C12H13N3O3S. The van der Waals surface area contributed by atoms with Crippen LogP contribution in [-0.4, -0.2) is 28.4 Å². The third-order valence-corrected chi connectivity index (χ3v) is 3.06. The molecule has 6 nitrogen and oxygen atoms in total. The van der Waals surface area contributed by atoms with Gasteiger partial charge in [-0.05, 0) is 24.3 Å². The van der Waals surface area contributed by atoms with E-state index in [9.17, 15) is 0 Å². The summed E-state index contributed by atoms with van der Waals surface area (Å²) in [4.78, 5) is 3.99. The molecule has 0 spiro atoms. The normalized spacial score (nSPS) is 11.5. The van der Waals surface area contributed by atoms with E-state index in [-0.39, 0.29) is 5.84 Å². The second kappa shape index (κ2) is 6.69. The summed E-state index contributed by atoms with van der Waals surface area (Å²) < 4.78 is 10.6. The van der Waals surface area contributed by atoms with Gasteiger partial charge in [-0.3, -0.25) is 0 Å². The number of aromatic nitrogens is 1. The lowest BCUT2D eigenvalue weighted by atomic mass is 10.2. The predicted molar refractivity (Wildman–Crippen MR) is 71.7 cm³/mol. The number of thioether (sulfide) groups is 1. The lowest BCUT2D eigenvalue weighted by molar-refractivity contribution is 0.318. The number of oxime groups is 1. The van der Waals surface area contributed by atoms with Gasteiger partial charge in [0.25, 0.3) is 5.22 Å². The van der Waals surface area contributed by atoms with Crippen molar-refractivity contribution in [3.8, 4) is 5.75 Å². The number of rotatable bonds is 6. The summed E-state index contributed by atoms with van der Waals surface area (Å²) in [5.74, 6) is 1.54. The van der Waals surface area contributed by atoms with Crippen molar-refractivity contribution in [2.75, 3.05) is 12.4 Å². The summed E-state index contributed by atoms with van der Waals surface area (Å²) in [6.07, 6.45) is 3.14. The number of ether oxygens (including phenoxy) is 1. The Hall–Kier alpha value is -2.15. The summed E-state index contributed by atoms with van der Waals surface area (Å²) in [5, 5.41) is 12.1. The van der Waals surface area contributed by atoms with Crippen LogP contribution in [0.5, 0.6) is 5.75 Å². The minimum atomic E-state index is 0.0750. The fourth-order valence-corrected chi connectivity index (χ4v) is 1.95. The maximum atomic E-state index is 8.54. The molecule has 3 N–H and O–H groups in total. The molecule has 0 unspecified atom stereocenters. The van der Waals surface area contributed by atoms with Crippen molar-refractivity contribution >= 4 is 17.6 Å². The first-order valence-corrected chi connectivity index (χ1v) is 6.51. The molecule has 100 valence electrons. The maximum absolute atomic E-state index is 8.54. The number of oxazole rings is 1. The first kappa shape index (κ1) is 13.3. The molecule has 0 saturated carbocycles. The smallest absolute Gasteiger partial charge is 0.255 e. The molecular weight excluding hydrogens is 266 g/mol. The Morgan fingerprint density at radius 1 is 1.42 bits per heavy atom. The van der Waals surface area contributed by atoms with Crippen LogP contribution in [-0.2, 0) is 0 Å². The molecule has 0 saturated heterocycles. The van der Waals surface area contributed by atoms with Crippen molar-refractivity contribution in [3.05, 3.63) is 42.3 Å². The van der Waals surface area contributed by atoms with Crippen molar-refractivity contribution < 1.29 is 14.4 Å². The van der Waals surface area contributed by atoms with Crippen LogP contribution in [0.15, 0.2) is 51.5 Å². The van der Waals surface area contributed by atoms with Gasteiger partial charge in [0, 0.05) is 11.3 Å². The first-order chi connectivity index (χ1) is 9.29. The third kappa shape index (κ3) is 3.92. The zero-order valence-corrected chi connectivity index (χ0v) is 10.8. The number of amidine groups is 1. The number of hydrogen-bond acceptors (Lipinski definition) is 6. The van der Waals surface area contributed by atoms with E-state index in [1.807, 2.05) is 0 Å². The van der Waals surface area contributed by atoms with Crippen LogP contribution < -0.4 is 10.5 Å². The van der Waals surface area contributed by atoms with Crippen LogP contribution in [0, 0.1) is 0 Å². The molecule has 1 aromatic heterocycles. The molecule has 2 aromatic rings. The average Bonchev–Trinajstić information content (AvgIpc) is 2.96. The highest BCUT2D eigenvalue weighted by atomic mass is 32.2. The van der Waals surface area contributed by atoms with E-state index in [4.69, 9.17) is 20.1 Å². The van der Waals surface area contributed by atoms with Gasteiger partial charge in [-0.2, -0.15) is 0 Å². The Morgan fingerprint density at radius 2 is 2.21 bits per heavy atom. The molecule has 7 heteroatoms. The quantitative estimate of drug-likeness (QED) is 0.209. The SMILES string of the molecule is N/C(=N/O)c1ccc(OCCSc2ncco2)cc1. The molecule has 0 bridgehead atoms. The second-order valence-electron chi connectivity index (χ2n) is 3.50. The molecule has 0 amide bonds. The number of nitrogens with two attached hydrogens (primary N) is 1. The standard InChI is InChI=1S/C12H13N3O3S/c13-11(15-16)9-1-3-10(4-2-9)17-7-8-19-12-14-5-6-18-12/h1-6,16H,7-8H2,(H2,13,15). The van der Waals surface area contributed by atoms with Gasteiger partial charge >= 0.3 is 0 Å². The largest absolute Gasteiger partial charge is 0.493 e. The molecule has 2 rings (SSSR count). The predicted octanol–water partition coefficient (Wildman–Crippen LogP) is 1.94. The molecule has 0 fully saturated rings. The molecule has 1 aromatic carbocycles. The summed E-state index contributed by atoms with van der Waals surface area (Å²) in [7, 11) is 0. The summed E-state index contributed by atoms with van der Waals surface area (Å²) in [6.45, 7) is 0.538. The summed E-state index contributed by atoms with van der Waals surface area (Å²) in [6, 6.07) is 6.99. The van der Waals surface area contributed by atoms with Gasteiger partial charge in [0.1, 0.15) is 12.0 Å². The second-order valence-corrected chi connectivity index (χ2v) is 4.55. The van der Waals surface area contributed by atoms with Crippen LogP contribution in [0.25, 0.3) is 0 Å². The van der Waals surface area contributed by atoms with Gasteiger partial charge < -0.3 is 20.1 Å². The third-order valence-electron chi connectivity index (χ3n) is 2.25. The molecule has 0 aliphatic heterocycles. The zero-order valence-electron chi connectivity index (χ0n) is 10.0. The van der Waals surface area contributed by atoms with E-state index >= 15 is 0 Å². The van der Waals surface area contributed by atoms with E-state index in [0.29, 0.717) is 17.4 Å². The van der Waals surface area contributed by atoms with Crippen LogP contribution in [0.4, 0.5) is 0 Å². The minimum absolute atomic E-state index is 0.0750. The fourth-order valence-electron chi connectivity index (χ4n) is 1.35. The van der Waals surface area contributed by atoms with Gasteiger partial charge in [-0.1, -0.05) is 16.9 Å². The van der Waals surface area contributed by atoms with Gasteiger partial charge in [0.15, 0.2) is 5.84 Å². The summed E-state index contributed by atoms with van der Waals surface area (Å²) >= 11 is 1.48. The van der Waals surface area contributed by atoms with Crippen molar-refractivity contribution in [1.29, 1.82) is 0 Å². The van der Waals surface area contributed by atoms with E-state index in [2.05, 4.69) is 10.1 Å². The topological polar surface area (TPSA) is 93.9 Å². The molecule has 19 heavy (non-hydrogen) atoms. The minimum Gasteiger partial charge on any atom is -0.493 e. The Kier molecular flexibility index (Phi) is 4.68. The molecule has 0 radical (unpaired) electrons. The number of hydrogen-bond donors (Lipinski definition) is 2.